The molecule has 0 fully saturated rings. The predicted octanol–water partition coefficient (Wildman–Crippen LogP) is 1.93. The summed E-state index contributed by atoms with van der Waals surface area (Å²) < 4.78 is 0. The molecule has 0 aromatic heterocycles. The van der Waals surface area contributed by atoms with Crippen LogP contribution in [0, 0.1) is 0 Å². The van der Waals surface area contributed by atoms with Gasteiger partial charge in [0.2, 0.25) is 0 Å². The molecule has 2 heteroatoms. The van der Waals surface area contributed by atoms with Crippen LogP contribution in [0.5, 0.6) is 0 Å². The SMILES string of the molecule is CCCNCCCCCCCO. The average Bonchev–Trinajstić information content (AvgIpc) is 2.10. The molecule has 0 aliphatic carbocycles. The maximum Gasteiger partial charge on any atom is 0.0431 e. The lowest BCUT2D eigenvalue weighted by molar-refractivity contribution is 0.282. The number of rotatable bonds is 9. The van der Waals surface area contributed by atoms with Crippen LogP contribution in [0.15, 0.2) is 0 Å². The Kier molecular flexibility index (Phi) is 10.8. The number of hydrogen-bond acceptors (Lipinski definition) is 2. The summed E-state index contributed by atoms with van der Waals surface area (Å²) in [5.41, 5.74) is 0. The van der Waals surface area contributed by atoms with Crippen molar-refractivity contribution in [3.63, 3.8) is 0 Å². The van der Waals surface area contributed by atoms with Crippen molar-refractivity contribution in [1.82, 2.24) is 5.32 Å². The van der Waals surface area contributed by atoms with E-state index in [-0.39, 0.29) is 0 Å². The summed E-state index contributed by atoms with van der Waals surface area (Å²) in [5.74, 6) is 0. The van der Waals surface area contributed by atoms with E-state index in [1.807, 2.05) is 0 Å². The van der Waals surface area contributed by atoms with Gasteiger partial charge in [-0.25, -0.2) is 0 Å². The number of unbranched alkanes of at least 4 members (excludes halogenated alkanes) is 4. The second-order valence-corrected chi connectivity index (χ2v) is 3.24. The topological polar surface area (TPSA) is 32.3 Å². The fourth-order valence-electron chi connectivity index (χ4n) is 1.19. The van der Waals surface area contributed by atoms with Crippen molar-refractivity contribution in [2.45, 2.75) is 45.4 Å². The molecule has 0 amide bonds. The minimum atomic E-state index is 0.355. The summed E-state index contributed by atoms with van der Waals surface area (Å²) in [7, 11) is 0. The minimum Gasteiger partial charge on any atom is -0.396 e. The van der Waals surface area contributed by atoms with Crippen molar-refractivity contribution in [3.05, 3.63) is 0 Å². The van der Waals surface area contributed by atoms with E-state index in [1.54, 1.807) is 0 Å². The standard InChI is InChI=1S/C10H23NO/c1-2-8-11-9-6-4-3-5-7-10-12/h11-12H,2-10H2,1H3. The molecule has 12 heavy (non-hydrogen) atoms. The Morgan fingerprint density at radius 3 is 2.25 bits per heavy atom. The van der Waals surface area contributed by atoms with Crippen LogP contribution in [0.3, 0.4) is 0 Å². The van der Waals surface area contributed by atoms with Gasteiger partial charge in [-0.2, -0.15) is 0 Å². The predicted molar refractivity (Wildman–Crippen MR) is 53.3 cm³/mol. The molecular weight excluding hydrogens is 150 g/mol. The van der Waals surface area contributed by atoms with Crippen molar-refractivity contribution >= 4 is 0 Å². The number of hydrogen-bond donors (Lipinski definition) is 2. The van der Waals surface area contributed by atoms with Crippen molar-refractivity contribution in [2.75, 3.05) is 19.7 Å². The zero-order valence-corrected chi connectivity index (χ0v) is 8.31. The molecule has 0 rings (SSSR count). The van der Waals surface area contributed by atoms with Crippen molar-refractivity contribution in [1.29, 1.82) is 0 Å². The van der Waals surface area contributed by atoms with E-state index in [0.29, 0.717) is 6.61 Å². The van der Waals surface area contributed by atoms with Crippen LogP contribution in [0.4, 0.5) is 0 Å². The minimum absolute atomic E-state index is 0.355. The molecule has 74 valence electrons. The highest BCUT2D eigenvalue weighted by Gasteiger charge is 1.89. The fourth-order valence-corrected chi connectivity index (χ4v) is 1.19. The molecule has 0 aliphatic rings. The zero-order chi connectivity index (χ0) is 9.07. The molecule has 0 unspecified atom stereocenters. The molecule has 0 aliphatic heterocycles. The van der Waals surface area contributed by atoms with Crippen molar-refractivity contribution < 1.29 is 5.11 Å². The first kappa shape index (κ1) is 11.9. The molecule has 0 spiro atoms. The monoisotopic (exact) mass is 173 g/mol. The fraction of sp³-hybridized carbons (Fsp3) is 1.00. The first-order valence-electron chi connectivity index (χ1n) is 5.23. The van der Waals surface area contributed by atoms with Gasteiger partial charge in [0.05, 0.1) is 0 Å². The summed E-state index contributed by atoms with van der Waals surface area (Å²) in [6, 6.07) is 0. The van der Waals surface area contributed by atoms with E-state index < -0.39 is 0 Å². The quantitative estimate of drug-likeness (QED) is 0.522. The molecule has 0 atom stereocenters. The van der Waals surface area contributed by atoms with Crippen molar-refractivity contribution in [2.24, 2.45) is 0 Å². The van der Waals surface area contributed by atoms with E-state index in [0.717, 1.165) is 19.5 Å². The van der Waals surface area contributed by atoms with Crippen LogP contribution in [-0.4, -0.2) is 24.8 Å². The van der Waals surface area contributed by atoms with Gasteiger partial charge in [0.1, 0.15) is 0 Å². The van der Waals surface area contributed by atoms with Gasteiger partial charge in [-0.05, 0) is 32.4 Å². The molecule has 0 saturated carbocycles. The summed E-state index contributed by atoms with van der Waals surface area (Å²) >= 11 is 0. The van der Waals surface area contributed by atoms with Gasteiger partial charge in [-0.15, -0.1) is 0 Å². The van der Waals surface area contributed by atoms with Gasteiger partial charge in [0.25, 0.3) is 0 Å². The van der Waals surface area contributed by atoms with Crippen LogP contribution in [0.2, 0.25) is 0 Å². The van der Waals surface area contributed by atoms with Gasteiger partial charge in [0, 0.05) is 6.61 Å². The van der Waals surface area contributed by atoms with Gasteiger partial charge in [-0.3, -0.25) is 0 Å². The first-order valence-corrected chi connectivity index (χ1v) is 5.23. The van der Waals surface area contributed by atoms with Crippen LogP contribution in [-0.2, 0) is 0 Å². The van der Waals surface area contributed by atoms with Gasteiger partial charge >= 0.3 is 0 Å². The van der Waals surface area contributed by atoms with E-state index in [2.05, 4.69) is 12.2 Å². The van der Waals surface area contributed by atoms with Crippen LogP contribution in [0.1, 0.15) is 45.4 Å². The van der Waals surface area contributed by atoms with Crippen LogP contribution < -0.4 is 5.32 Å². The summed E-state index contributed by atoms with van der Waals surface area (Å²) in [6.07, 6.45) is 7.24. The van der Waals surface area contributed by atoms with Crippen molar-refractivity contribution in [3.8, 4) is 0 Å². The van der Waals surface area contributed by atoms with E-state index in [9.17, 15) is 0 Å². The van der Waals surface area contributed by atoms with Crippen LogP contribution in [0.25, 0.3) is 0 Å². The average molecular weight is 173 g/mol. The Balaban J connectivity index is 2.73. The second-order valence-electron chi connectivity index (χ2n) is 3.24. The highest BCUT2D eigenvalue weighted by molar-refractivity contribution is 4.48. The number of aliphatic hydroxyl groups excluding tert-OH is 1. The Bertz CT molecular complexity index is 66.2. The largest absolute Gasteiger partial charge is 0.396 e. The Hall–Kier alpha value is -0.0800. The molecule has 2 nitrogen and oxygen atoms in total. The maximum atomic E-state index is 8.53. The normalized spacial score (nSPS) is 10.5. The maximum absolute atomic E-state index is 8.53. The summed E-state index contributed by atoms with van der Waals surface area (Å²) in [4.78, 5) is 0. The first-order chi connectivity index (χ1) is 5.91. The third-order valence-electron chi connectivity index (χ3n) is 1.94. The molecular formula is C10H23NO. The molecule has 0 heterocycles. The van der Waals surface area contributed by atoms with E-state index >= 15 is 0 Å². The molecule has 0 saturated heterocycles. The number of nitrogens with one attached hydrogen (secondary N) is 1. The van der Waals surface area contributed by atoms with E-state index in [1.165, 1.54) is 32.1 Å². The van der Waals surface area contributed by atoms with E-state index in [4.69, 9.17) is 5.11 Å². The lowest BCUT2D eigenvalue weighted by atomic mass is 10.1. The second kappa shape index (κ2) is 10.9. The molecule has 0 radical (unpaired) electrons. The van der Waals surface area contributed by atoms with Gasteiger partial charge in [0.15, 0.2) is 0 Å². The third-order valence-corrected chi connectivity index (χ3v) is 1.94. The smallest absolute Gasteiger partial charge is 0.0431 e. The Morgan fingerprint density at radius 2 is 1.58 bits per heavy atom. The number of aliphatic hydroxyl groups is 1. The highest BCUT2D eigenvalue weighted by Crippen LogP contribution is 2.01. The molecule has 2 N–H and O–H groups in total. The lowest BCUT2D eigenvalue weighted by Crippen LogP contribution is -2.15. The molecule has 0 bridgehead atoms. The summed E-state index contributed by atoms with van der Waals surface area (Å²) in [6.45, 7) is 4.85. The van der Waals surface area contributed by atoms with Crippen LogP contribution >= 0.6 is 0 Å². The molecule has 0 aromatic carbocycles. The Morgan fingerprint density at radius 1 is 0.917 bits per heavy atom. The Labute approximate surface area is 76.4 Å². The zero-order valence-electron chi connectivity index (χ0n) is 8.31. The third kappa shape index (κ3) is 9.92. The summed E-state index contributed by atoms with van der Waals surface area (Å²) in [5, 5.41) is 11.9. The van der Waals surface area contributed by atoms with Gasteiger partial charge in [-0.1, -0.05) is 26.2 Å². The molecule has 0 aromatic rings. The lowest BCUT2D eigenvalue weighted by Gasteiger charge is -2.02. The highest BCUT2D eigenvalue weighted by atomic mass is 16.2. The van der Waals surface area contributed by atoms with Gasteiger partial charge < -0.3 is 10.4 Å².